The van der Waals surface area contributed by atoms with Gasteiger partial charge in [-0.25, -0.2) is 4.39 Å². The maximum Gasteiger partial charge on any atom is 0.257 e. The zero-order chi connectivity index (χ0) is 24.2. The van der Waals surface area contributed by atoms with Crippen LogP contribution in [0.4, 0.5) is 10.1 Å². The molecule has 0 aliphatic carbocycles. The second kappa shape index (κ2) is 9.93. The van der Waals surface area contributed by atoms with Crippen molar-refractivity contribution < 1.29 is 28.2 Å². The van der Waals surface area contributed by atoms with Gasteiger partial charge in [-0.3, -0.25) is 14.4 Å². The lowest BCUT2D eigenvalue weighted by Gasteiger charge is -2.11. The molecule has 0 fully saturated rings. The van der Waals surface area contributed by atoms with E-state index in [0.29, 0.717) is 28.3 Å². The van der Waals surface area contributed by atoms with Crippen molar-refractivity contribution in [3.63, 3.8) is 0 Å². The van der Waals surface area contributed by atoms with Crippen LogP contribution in [-0.4, -0.2) is 37.4 Å². The van der Waals surface area contributed by atoms with Gasteiger partial charge in [0.05, 0.1) is 30.5 Å². The number of benzene rings is 3. The lowest BCUT2D eigenvalue weighted by Crippen LogP contribution is -2.12. The van der Waals surface area contributed by atoms with Gasteiger partial charge in [0, 0.05) is 22.4 Å². The number of amides is 1. The molecule has 0 radical (unpaired) electrons. The third kappa shape index (κ3) is 4.72. The average molecular weight is 478 g/mol. The molecule has 1 aliphatic heterocycles. The second-order valence-corrected chi connectivity index (χ2v) is 8.33. The molecule has 8 heteroatoms. The normalized spacial score (nSPS) is 13.7. The summed E-state index contributed by atoms with van der Waals surface area (Å²) in [6.07, 6.45) is 0. The van der Waals surface area contributed by atoms with E-state index in [-0.39, 0.29) is 27.6 Å². The van der Waals surface area contributed by atoms with E-state index in [1.807, 2.05) is 0 Å². The van der Waals surface area contributed by atoms with Crippen LogP contribution in [0.2, 0.25) is 0 Å². The van der Waals surface area contributed by atoms with Crippen molar-refractivity contribution in [3.8, 4) is 11.5 Å². The Morgan fingerprint density at radius 1 is 0.882 bits per heavy atom. The van der Waals surface area contributed by atoms with Crippen LogP contribution in [0.3, 0.4) is 0 Å². The van der Waals surface area contributed by atoms with Crippen LogP contribution in [-0.2, 0) is 4.79 Å². The number of fused-ring (bicyclic) bond motifs is 1. The highest BCUT2D eigenvalue weighted by Crippen LogP contribution is 2.39. The molecule has 0 atom stereocenters. The van der Waals surface area contributed by atoms with Crippen molar-refractivity contribution in [2.45, 2.75) is 0 Å². The van der Waals surface area contributed by atoms with E-state index < -0.39 is 17.5 Å². The molecule has 34 heavy (non-hydrogen) atoms. The minimum absolute atomic E-state index is 0.0443. The monoisotopic (exact) mass is 477 g/mol. The van der Waals surface area contributed by atoms with E-state index in [1.165, 1.54) is 32.4 Å². The fraction of sp³-hybridized carbons (Fsp3) is 0.115. The Bertz CT molecular complexity index is 1300. The molecule has 1 amide bonds. The number of anilines is 1. The van der Waals surface area contributed by atoms with Crippen molar-refractivity contribution in [3.05, 3.63) is 94.1 Å². The van der Waals surface area contributed by atoms with Crippen molar-refractivity contribution in [2.24, 2.45) is 0 Å². The number of rotatable bonds is 8. The SMILES string of the molecule is COc1ccc(C(=O)CS/C(C(=O)c2ccc(OC)cc2)=C2\C(=O)Nc3ccc(F)cc32)cc1. The number of nitrogens with one attached hydrogen (secondary N) is 1. The number of ether oxygens (including phenoxy) is 2. The van der Waals surface area contributed by atoms with E-state index in [1.54, 1.807) is 48.5 Å². The number of hydrogen-bond donors (Lipinski definition) is 1. The summed E-state index contributed by atoms with van der Waals surface area (Å²) < 4.78 is 24.3. The van der Waals surface area contributed by atoms with Gasteiger partial charge < -0.3 is 14.8 Å². The summed E-state index contributed by atoms with van der Waals surface area (Å²) >= 11 is 0.953. The van der Waals surface area contributed by atoms with Gasteiger partial charge in [0.2, 0.25) is 0 Å². The zero-order valence-electron chi connectivity index (χ0n) is 18.4. The quantitative estimate of drug-likeness (QED) is 0.363. The van der Waals surface area contributed by atoms with Crippen LogP contribution in [0.5, 0.6) is 11.5 Å². The molecule has 172 valence electrons. The van der Waals surface area contributed by atoms with Crippen LogP contribution in [0.1, 0.15) is 26.3 Å². The van der Waals surface area contributed by atoms with Gasteiger partial charge in [-0.15, -0.1) is 11.8 Å². The van der Waals surface area contributed by atoms with Crippen molar-refractivity contribution in [1.29, 1.82) is 0 Å². The summed E-state index contributed by atoms with van der Waals surface area (Å²) in [6, 6.07) is 16.9. The Balaban J connectivity index is 1.72. The highest BCUT2D eigenvalue weighted by molar-refractivity contribution is 8.04. The molecule has 3 aromatic rings. The Kier molecular flexibility index (Phi) is 6.79. The number of halogens is 1. The van der Waals surface area contributed by atoms with Crippen LogP contribution in [0, 0.1) is 5.82 Å². The van der Waals surface area contributed by atoms with Crippen LogP contribution >= 0.6 is 11.8 Å². The minimum Gasteiger partial charge on any atom is -0.497 e. The number of hydrogen-bond acceptors (Lipinski definition) is 6. The first-order valence-electron chi connectivity index (χ1n) is 10.3. The van der Waals surface area contributed by atoms with E-state index in [9.17, 15) is 18.8 Å². The molecular weight excluding hydrogens is 457 g/mol. The number of carbonyl (C=O) groups is 3. The van der Waals surface area contributed by atoms with Crippen LogP contribution in [0.25, 0.3) is 5.57 Å². The number of thioether (sulfide) groups is 1. The van der Waals surface area contributed by atoms with Crippen molar-refractivity contribution in [2.75, 3.05) is 25.3 Å². The van der Waals surface area contributed by atoms with Gasteiger partial charge in [-0.05, 0) is 66.7 Å². The number of ketones is 2. The van der Waals surface area contributed by atoms with E-state index in [2.05, 4.69) is 5.32 Å². The third-order valence-electron chi connectivity index (χ3n) is 5.27. The predicted molar refractivity (Wildman–Crippen MR) is 129 cm³/mol. The molecule has 0 unspecified atom stereocenters. The summed E-state index contributed by atoms with van der Waals surface area (Å²) in [5, 5.41) is 2.66. The molecule has 4 rings (SSSR count). The molecule has 0 saturated carbocycles. The Hall–Kier alpha value is -3.91. The second-order valence-electron chi connectivity index (χ2n) is 7.35. The van der Waals surface area contributed by atoms with E-state index in [0.717, 1.165) is 11.8 Å². The summed E-state index contributed by atoms with van der Waals surface area (Å²) in [4.78, 5) is 39.2. The molecule has 0 spiro atoms. The minimum atomic E-state index is -0.539. The highest BCUT2D eigenvalue weighted by atomic mass is 32.2. The molecule has 3 aromatic carbocycles. The predicted octanol–water partition coefficient (Wildman–Crippen LogP) is 5.01. The zero-order valence-corrected chi connectivity index (χ0v) is 19.2. The number of methoxy groups -OCH3 is 2. The van der Waals surface area contributed by atoms with Gasteiger partial charge in [-0.1, -0.05) is 0 Å². The number of Topliss-reactive ketones (excluding diaryl/α,β-unsaturated/α-hetero) is 2. The first kappa shape index (κ1) is 23.3. The highest BCUT2D eigenvalue weighted by Gasteiger charge is 2.31. The number of allylic oxidation sites excluding steroid dienone is 1. The fourth-order valence-corrected chi connectivity index (χ4v) is 4.53. The standard InChI is InChI=1S/C26H20FNO5S/c1-32-18-8-3-15(4-9-18)22(29)14-34-25(24(30)16-5-10-19(33-2)11-6-16)23-20-13-17(27)7-12-21(20)28-26(23)31/h3-13H,14H2,1-2H3,(H,28,31)/b25-23-. The van der Waals surface area contributed by atoms with Crippen molar-refractivity contribution in [1.82, 2.24) is 0 Å². The van der Waals surface area contributed by atoms with Crippen LogP contribution < -0.4 is 14.8 Å². The van der Waals surface area contributed by atoms with Gasteiger partial charge in [0.1, 0.15) is 17.3 Å². The first-order valence-corrected chi connectivity index (χ1v) is 11.2. The Morgan fingerprint density at radius 3 is 2.06 bits per heavy atom. The maximum absolute atomic E-state index is 14.0. The lowest BCUT2D eigenvalue weighted by atomic mass is 10.0. The molecule has 1 aliphatic rings. The largest absolute Gasteiger partial charge is 0.497 e. The molecule has 0 bridgehead atoms. The summed E-state index contributed by atoms with van der Waals surface area (Å²) in [6.45, 7) is 0. The molecule has 1 N–H and O–H groups in total. The topological polar surface area (TPSA) is 81.7 Å². The van der Waals surface area contributed by atoms with Gasteiger partial charge in [-0.2, -0.15) is 0 Å². The maximum atomic E-state index is 14.0. The number of carbonyl (C=O) groups excluding carboxylic acids is 3. The third-order valence-corrected chi connectivity index (χ3v) is 6.36. The summed E-state index contributed by atoms with van der Waals surface area (Å²) in [7, 11) is 3.04. The van der Waals surface area contributed by atoms with E-state index >= 15 is 0 Å². The smallest absolute Gasteiger partial charge is 0.257 e. The average Bonchev–Trinajstić information content (AvgIpc) is 3.18. The van der Waals surface area contributed by atoms with Gasteiger partial charge >= 0.3 is 0 Å². The lowest BCUT2D eigenvalue weighted by molar-refractivity contribution is -0.110. The van der Waals surface area contributed by atoms with Crippen LogP contribution in [0.15, 0.2) is 71.6 Å². The molecule has 1 heterocycles. The Labute approximate surface area is 199 Å². The van der Waals surface area contributed by atoms with Gasteiger partial charge in [0.15, 0.2) is 11.6 Å². The summed E-state index contributed by atoms with van der Waals surface area (Å²) in [5.41, 5.74) is 1.49. The molecule has 0 saturated heterocycles. The molecular formula is C26H20FNO5S. The van der Waals surface area contributed by atoms with Crippen molar-refractivity contribution >= 4 is 40.5 Å². The Morgan fingerprint density at radius 2 is 1.47 bits per heavy atom. The van der Waals surface area contributed by atoms with E-state index in [4.69, 9.17) is 9.47 Å². The first-order chi connectivity index (χ1) is 16.4. The van der Waals surface area contributed by atoms with Gasteiger partial charge in [0.25, 0.3) is 5.91 Å². The fourth-order valence-electron chi connectivity index (χ4n) is 3.49. The molecule has 0 aromatic heterocycles. The molecule has 6 nitrogen and oxygen atoms in total. The summed E-state index contributed by atoms with van der Waals surface area (Å²) in [5.74, 6) is -0.652.